The predicted molar refractivity (Wildman–Crippen MR) is 115 cm³/mol. The van der Waals surface area contributed by atoms with Gasteiger partial charge in [-0.1, -0.05) is 48.5 Å². The minimum Gasteiger partial charge on any atom is -0.496 e. The lowest BCUT2D eigenvalue weighted by atomic mass is 9.69. The van der Waals surface area contributed by atoms with Crippen molar-refractivity contribution in [1.29, 1.82) is 0 Å². The van der Waals surface area contributed by atoms with E-state index < -0.39 is 17.8 Å². The van der Waals surface area contributed by atoms with Crippen molar-refractivity contribution in [3.05, 3.63) is 77.0 Å². The Morgan fingerprint density at radius 1 is 1.00 bits per heavy atom. The van der Waals surface area contributed by atoms with E-state index in [1.807, 2.05) is 49.4 Å². The molecular formula is C25H25NO4. The van der Waals surface area contributed by atoms with Crippen LogP contribution in [0.3, 0.4) is 0 Å². The fraction of sp³-hybridized carbons (Fsp3) is 0.320. The molecule has 2 aliphatic rings. The summed E-state index contributed by atoms with van der Waals surface area (Å²) >= 11 is 0. The number of Topliss-reactive ketones (excluding diaryl/α,β-unsaturated/α-hetero) is 1. The molecule has 154 valence electrons. The lowest BCUT2D eigenvalue weighted by Gasteiger charge is -2.36. The monoisotopic (exact) mass is 403 g/mol. The van der Waals surface area contributed by atoms with E-state index in [4.69, 9.17) is 14.5 Å². The van der Waals surface area contributed by atoms with Gasteiger partial charge in [-0.25, -0.2) is 0 Å². The largest absolute Gasteiger partial charge is 0.496 e. The number of esters is 1. The van der Waals surface area contributed by atoms with Gasteiger partial charge < -0.3 is 9.47 Å². The number of allylic oxidation sites excluding steroid dienone is 2. The summed E-state index contributed by atoms with van der Waals surface area (Å²) < 4.78 is 10.7. The summed E-state index contributed by atoms with van der Waals surface area (Å²) in [5.41, 5.74) is 4.00. The number of ketones is 1. The van der Waals surface area contributed by atoms with Crippen molar-refractivity contribution in [1.82, 2.24) is 0 Å². The average Bonchev–Trinajstić information content (AvgIpc) is 2.78. The summed E-state index contributed by atoms with van der Waals surface area (Å²) in [6.45, 7) is 1.84. The van der Waals surface area contributed by atoms with E-state index in [0.717, 1.165) is 16.8 Å². The van der Waals surface area contributed by atoms with Gasteiger partial charge in [-0.3, -0.25) is 14.6 Å². The maximum Gasteiger partial charge on any atom is 0.315 e. The highest BCUT2D eigenvalue weighted by Gasteiger charge is 2.45. The van der Waals surface area contributed by atoms with Gasteiger partial charge in [0.2, 0.25) is 0 Å². The molecule has 0 radical (unpaired) electrons. The van der Waals surface area contributed by atoms with Crippen LogP contribution in [-0.2, 0) is 14.3 Å². The van der Waals surface area contributed by atoms with Gasteiger partial charge in [-0.2, -0.15) is 0 Å². The number of methoxy groups -OCH3 is 2. The fourth-order valence-corrected chi connectivity index (χ4v) is 4.71. The molecule has 1 unspecified atom stereocenters. The molecule has 0 saturated carbocycles. The third kappa shape index (κ3) is 3.45. The Kier molecular flexibility index (Phi) is 5.53. The molecule has 1 heterocycles. The van der Waals surface area contributed by atoms with Gasteiger partial charge in [0.15, 0.2) is 5.78 Å². The molecule has 3 atom stereocenters. The lowest BCUT2D eigenvalue weighted by molar-refractivity contribution is -0.143. The van der Waals surface area contributed by atoms with Gasteiger partial charge in [-0.15, -0.1) is 0 Å². The fourth-order valence-electron chi connectivity index (χ4n) is 4.71. The molecule has 0 spiro atoms. The van der Waals surface area contributed by atoms with Gasteiger partial charge >= 0.3 is 5.97 Å². The smallest absolute Gasteiger partial charge is 0.315 e. The van der Waals surface area contributed by atoms with Crippen LogP contribution in [0.4, 0.5) is 0 Å². The summed E-state index contributed by atoms with van der Waals surface area (Å²) in [6, 6.07) is 17.6. The Morgan fingerprint density at radius 2 is 1.70 bits per heavy atom. The van der Waals surface area contributed by atoms with Crippen LogP contribution in [0, 0.1) is 5.92 Å². The van der Waals surface area contributed by atoms with E-state index in [1.54, 1.807) is 7.11 Å². The number of rotatable bonds is 4. The summed E-state index contributed by atoms with van der Waals surface area (Å²) in [4.78, 5) is 30.9. The summed E-state index contributed by atoms with van der Waals surface area (Å²) in [7, 11) is 2.96. The molecule has 30 heavy (non-hydrogen) atoms. The minimum absolute atomic E-state index is 0.0335. The van der Waals surface area contributed by atoms with E-state index in [0.29, 0.717) is 29.9 Å². The van der Waals surface area contributed by atoms with Crippen LogP contribution in [0.5, 0.6) is 5.75 Å². The van der Waals surface area contributed by atoms with E-state index in [-0.39, 0.29) is 11.7 Å². The average molecular weight is 403 g/mol. The SMILES string of the molecule is COC(=O)C1C(C)=NC2=C(C(=O)C[C@H](c3ccccc3)C2)[C@@H]1c1ccccc1OC. The summed E-state index contributed by atoms with van der Waals surface area (Å²) in [5.74, 6) is -0.742. The second-order valence-electron chi connectivity index (χ2n) is 7.77. The highest BCUT2D eigenvalue weighted by Crippen LogP contribution is 2.48. The van der Waals surface area contributed by atoms with Crippen LogP contribution in [0.15, 0.2) is 70.9 Å². The van der Waals surface area contributed by atoms with E-state index in [9.17, 15) is 9.59 Å². The van der Waals surface area contributed by atoms with Gasteiger partial charge in [0.05, 0.1) is 14.2 Å². The molecule has 0 bridgehead atoms. The number of carbonyl (C=O) groups is 2. The molecule has 0 N–H and O–H groups in total. The first-order valence-electron chi connectivity index (χ1n) is 10.1. The van der Waals surface area contributed by atoms with Gasteiger partial charge in [0.1, 0.15) is 11.7 Å². The molecule has 5 heteroatoms. The maximum absolute atomic E-state index is 13.4. The Balaban J connectivity index is 1.85. The highest BCUT2D eigenvalue weighted by molar-refractivity contribution is 6.09. The van der Waals surface area contributed by atoms with Gasteiger partial charge in [-0.05, 0) is 30.9 Å². The standard InChI is InChI=1S/C25H25NO4/c1-15-22(25(28)30-3)23(18-11-7-8-12-21(18)29-2)24-19(26-15)13-17(14-20(24)27)16-9-5-4-6-10-16/h4-12,17,22-23H,13-14H2,1-3H3/t17-,22?,23-/m1/s1. The van der Waals surface area contributed by atoms with Crippen molar-refractivity contribution >= 4 is 17.5 Å². The number of para-hydroxylation sites is 1. The van der Waals surface area contributed by atoms with Crippen LogP contribution in [0.2, 0.25) is 0 Å². The van der Waals surface area contributed by atoms with Crippen molar-refractivity contribution in [3.63, 3.8) is 0 Å². The number of carbonyl (C=O) groups excluding carboxylic acids is 2. The zero-order chi connectivity index (χ0) is 21.3. The van der Waals surface area contributed by atoms with Crippen LogP contribution in [0.25, 0.3) is 0 Å². The number of aliphatic imine (C=N–C) groups is 1. The van der Waals surface area contributed by atoms with Crippen LogP contribution < -0.4 is 4.74 Å². The second-order valence-corrected chi connectivity index (χ2v) is 7.77. The summed E-state index contributed by atoms with van der Waals surface area (Å²) in [6.07, 6.45) is 1.07. The molecule has 1 aliphatic heterocycles. The predicted octanol–water partition coefficient (Wildman–Crippen LogP) is 4.44. The number of ether oxygens (including phenoxy) is 2. The van der Waals surface area contributed by atoms with Crippen molar-refractivity contribution in [2.75, 3.05) is 14.2 Å². The number of hydrogen-bond donors (Lipinski definition) is 0. The zero-order valence-corrected chi connectivity index (χ0v) is 17.4. The van der Waals surface area contributed by atoms with Crippen LogP contribution in [-0.4, -0.2) is 31.7 Å². The summed E-state index contributed by atoms with van der Waals surface area (Å²) in [5, 5.41) is 0. The molecule has 0 fully saturated rings. The quantitative estimate of drug-likeness (QED) is 0.708. The molecule has 2 aromatic rings. The Morgan fingerprint density at radius 3 is 2.40 bits per heavy atom. The second kappa shape index (κ2) is 8.27. The first-order valence-corrected chi connectivity index (χ1v) is 10.1. The van der Waals surface area contributed by atoms with Crippen LogP contribution in [0.1, 0.15) is 42.7 Å². The molecule has 0 aromatic heterocycles. The number of benzene rings is 2. The van der Waals surface area contributed by atoms with Gasteiger partial charge in [0.25, 0.3) is 0 Å². The minimum atomic E-state index is -0.651. The first kappa shape index (κ1) is 20.1. The normalized spacial score (nSPS) is 23.5. The van der Waals surface area contributed by atoms with Crippen molar-refractivity contribution in [2.24, 2.45) is 10.9 Å². The maximum atomic E-state index is 13.4. The molecule has 4 rings (SSSR count). The molecule has 5 nitrogen and oxygen atoms in total. The van der Waals surface area contributed by atoms with E-state index >= 15 is 0 Å². The highest BCUT2D eigenvalue weighted by atomic mass is 16.5. The topological polar surface area (TPSA) is 65.0 Å². The van der Waals surface area contributed by atoms with Crippen molar-refractivity contribution in [2.45, 2.75) is 31.6 Å². The molecule has 2 aromatic carbocycles. The Hall–Kier alpha value is -3.21. The Labute approximate surface area is 176 Å². The van der Waals surface area contributed by atoms with Crippen LogP contribution >= 0.6 is 0 Å². The van der Waals surface area contributed by atoms with E-state index in [1.165, 1.54) is 7.11 Å². The van der Waals surface area contributed by atoms with Gasteiger partial charge in [0, 0.05) is 34.9 Å². The third-order valence-corrected chi connectivity index (χ3v) is 6.09. The number of nitrogens with zero attached hydrogens (tertiary/aromatic N) is 1. The Bertz CT molecular complexity index is 1040. The number of hydrogen-bond acceptors (Lipinski definition) is 5. The van der Waals surface area contributed by atoms with E-state index in [2.05, 4.69) is 12.1 Å². The molecule has 0 saturated heterocycles. The van der Waals surface area contributed by atoms with Crippen molar-refractivity contribution in [3.8, 4) is 5.75 Å². The molecule has 0 amide bonds. The lowest BCUT2D eigenvalue weighted by Crippen LogP contribution is -2.37. The first-order chi connectivity index (χ1) is 14.5. The van der Waals surface area contributed by atoms with Crippen molar-refractivity contribution < 1.29 is 19.1 Å². The molecule has 1 aliphatic carbocycles. The molecular weight excluding hydrogens is 378 g/mol. The zero-order valence-electron chi connectivity index (χ0n) is 17.4. The third-order valence-electron chi connectivity index (χ3n) is 6.09.